The number of rotatable bonds is 3. The lowest BCUT2D eigenvalue weighted by atomic mass is 10.2. The molecule has 5 nitrogen and oxygen atoms in total. The van der Waals surface area contributed by atoms with Crippen LogP contribution >= 0.6 is 22.6 Å². The molecule has 2 aromatic carbocycles. The molecule has 0 N–H and O–H groups in total. The quantitative estimate of drug-likeness (QED) is 0.649. The van der Waals surface area contributed by atoms with Crippen LogP contribution in [-0.4, -0.2) is 49.7 Å². The number of carbonyl (C=O) groups is 1. The molecule has 1 saturated heterocycles. The molecule has 7 heteroatoms. The molecule has 1 aliphatic rings. The molecular formula is C18H19IN2O3S. The average molecular weight is 470 g/mol. The lowest BCUT2D eigenvalue weighted by Gasteiger charge is -2.34. The predicted molar refractivity (Wildman–Crippen MR) is 105 cm³/mol. The van der Waals surface area contributed by atoms with Gasteiger partial charge in [-0.15, -0.1) is 0 Å². The molecule has 0 spiro atoms. The monoisotopic (exact) mass is 470 g/mol. The van der Waals surface area contributed by atoms with Crippen molar-refractivity contribution in [3.63, 3.8) is 0 Å². The summed E-state index contributed by atoms with van der Waals surface area (Å²) in [6, 6.07) is 14.3. The third-order valence-corrected chi connectivity index (χ3v) is 7.14. The van der Waals surface area contributed by atoms with E-state index in [1.807, 2.05) is 25.1 Å². The van der Waals surface area contributed by atoms with Gasteiger partial charge < -0.3 is 4.90 Å². The van der Waals surface area contributed by atoms with Crippen molar-refractivity contribution in [1.82, 2.24) is 9.21 Å². The normalized spacial score (nSPS) is 16.0. The van der Waals surface area contributed by atoms with E-state index in [0.29, 0.717) is 36.6 Å². The SMILES string of the molecule is Cc1ccc(S(=O)(=O)N2CCN(C(=O)c3ccccc3I)CC2)cc1. The van der Waals surface area contributed by atoms with Gasteiger partial charge in [-0.2, -0.15) is 4.31 Å². The summed E-state index contributed by atoms with van der Waals surface area (Å²) in [5.74, 6) is -0.0441. The zero-order valence-electron chi connectivity index (χ0n) is 13.9. The molecule has 0 unspecified atom stereocenters. The molecule has 1 heterocycles. The minimum absolute atomic E-state index is 0.0441. The number of sulfonamides is 1. The highest BCUT2D eigenvalue weighted by molar-refractivity contribution is 14.1. The number of hydrogen-bond acceptors (Lipinski definition) is 3. The Morgan fingerprint density at radius 2 is 1.56 bits per heavy atom. The fourth-order valence-corrected chi connectivity index (χ4v) is 4.84. The highest BCUT2D eigenvalue weighted by Crippen LogP contribution is 2.20. The molecular weight excluding hydrogens is 451 g/mol. The van der Waals surface area contributed by atoms with Gasteiger partial charge in [0.15, 0.2) is 0 Å². The van der Waals surface area contributed by atoms with E-state index in [1.165, 1.54) is 4.31 Å². The van der Waals surface area contributed by atoms with Crippen molar-refractivity contribution in [3.05, 3.63) is 63.2 Å². The molecule has 0 saturated carbocycles. The first-order valence-electron chi connectivity index (χ1n) is 8.00. The van der Waals surface area contributed by atoms with Crippen LogP contribution in [0.25, 0.3) is 0 Å². The van der Waals surface area contributed by atoms with Crippen molar-refractivity contribution in [1.29, 1.82) is 0 Å². The second-order valence-corrected chi connectivity index (χ2v) is 9.09. The van der Waals surface area contributed by atoms with Crippen LogP contribution < -0.4 is 0 Å². The maximum Gasteiger partial charge on any atom is 0.255 e. The third-order valence-electron chi connectivity index (χ3n) is 4.29. The highest BCUT2D eigenvalue weighted by atomic mass is 127. The Bertz CT molecular complexity index is 873. The summed E-state index contributed by atoms with van der Waals surface area (Å²) in [4.78, 5) is 14.7. The summed E-state index contributed by atoms with van der Waals surface area (Å²) in [6.45, 7) is 3.34. The van der Waals surface area contributed by atoms with Crippen LogP contribution in [0.15, 0.2) is 53.4 Å². The standard InChI is InChI=1S/C18H19IN2O3S/c1-14-6-8-15(9-7-14)25(23,24)21-12-10-20(11-13-21)18(22)16-4-2-3-5-17(16)19/h2-9H,10-13H2,1H3. The predicted octanol–water partition coefficient (Wildman–Crippen LogP) is 2.75. The van der Waals surface area contributed by atoms with Crippen molar-refractivity contribution >= 4 is 38.5 Å². The molecule has 0 radical (unpaired) electrons. The van der Waals surface area contributed by atoms with Crippen LogP contribution in [0, 0.1) is 10.5 Å². The summed E-state index contributed by atoms with van der Waals surface area (Å²) in [5, 5.41) is 0. The first-order valence-corrected chi connectivity index (χ1v) is 10.5. The molecule has 3 rings (SSSR count). The number of amides is 1. The summed E-state index contributed by atoms with van der Waals surface area (Å²) >= 11 is 2.15. The third kappa shape index (κ3) is 3.88. The summed E-state index contributed by atoms with van der Waals surface area (Å²) < 4.78 is 27.8. The van der Waals surface area contributed by atoms with Gasteiger partial charge in [0.1, 0.15) is 0 Å². The van der Waals surface area contributed by atoms with Crippen molar-refractivity contribution in [3.8, 4) is 0 Å². The first-order chi connectivity index (χ1) is 11.9. The van der Waals surface area contributed by atoms with Crippen molar-refractivity contribution in [2.45, 2.75) is 11.8 Å². The van der Waals surface area contributed by atoms with Gasteiger partial charge in [0, 0.05) is 29.7 Å². The van der Waals surface area contributed by atoms with Crippen LogP contribution in [0.5, 0.6) is 0 Å². The first kappa shape index (κ1) is 18.3. The van der Waals surface area contributed by atoms with Crippen molar-refractivity contribution in [2.24, 2.45) is 0 Å². The second kappa shape index (κ2) is 7.43. The second-order valence-electron chi connectivity index (χ2n) is 5.99. The Morgan fingerprint density at radius 1 is 0.960 bits per heavy atom. The zero-order valence-corrected chi connectivity index (χ0v) is 16.8. The smallest absolute Gasteiger partial charge is 0.255 e. The lowest BCUT2D eigenvalue weighted by molar-refractivity contribution is 0.0697. The van der Waals surface area contributed by atoms with Gasteiger partial charge in [-0.05, 0) is 53.8 Å². The highest BCUT2D eigenvalue weighted by Gasteiger charge is 2.30. The van der Waals surface area contributed by atoms with Crippen LogP contribution in [0.2, 0.25) is 0 Å². The molecule has 0 bridgehead atoms. The van der Waals surface area contributed by atoms with E-state index in [4.69, 9.17) is 0 Å². The lowest BCUT2D eigenvalue weighted by Crippen LogP contribution is -2.50. The fraction of sp³-hybridized carbons (Fsp3) is 0.278. The molecule has 1 amide bonds. The van der Waals surface area contributed by atoms with Gasteiger partial charge >= 0.3 is 0 Å². The van der Waals surface area contributed by atoms with E-state index < -0.39 is 10.0 Å². The topological polar surface area (TPSA) is 57.7 Å². The van der Waals surface area contributed by atoms with E-state index in [2.05, 4.69) is 22.6 Å². The molecule has 0 aliphatic carbocycles. The number of aryl methyl sites for hydroxylation is 1. The van der Waals surface area contributed by atoms with Gasteiger partial charge in [0.2, 0.25) is 10.0 Å². The average Bonchev–Trinajstić information content (AvgIpc) is 2.62. The van der Waals surface area contributed by atoms with Gasteiger partial charge in [0.25, 0.3) is 5.91 Å². The van der Waals surface area contributed by atoms with E-state index in [-0.39, 0.29) is 5.91 Å². The molecule has 1 fully saturated rings. The van der Waals surface area contributed by atoms with E-state index >= 15 is 0 Å². The van der Waals surface area contributed by atoms with Gasteiger partial charge in [-0.3, -0.25) is 4.79 Å². The van der Waals surface area contributed by atoms with Crippen LogP contribution in [-0.2, 0) is 10.0 Å². The molecule has 1 aliphatic heterocycles. The Balaban J connectivity index is 1.70. The largest absolute Gasteiger partial charge is 0.336 e. The molecule has 0 aromatic heterocycles. The molecule has 132 valence electrons. The Kier molecular flexibility index (Phi) is 5.45. The Morgan fingerprint density at radius 3 is 2.16 bits per heavy atom. The number of piperazine rings is 1. The number of halogens is 1. The van der Waals surface area contributed by atoms with Crippen LogP contribution in [0.4, 0.5) is 0 Å². The number of benzene rings is 2. The van der Waals surface area contributed by atoms with Crippen molar-refractivity contribution < 1.29 is 13.2 Å². The maximum absolute atomic E-state index is 12.7. The maximum atomic E-state index is 12.7. The Labute approximate surface area is 161 Å². The molecule has 0 atom stereocenters. The molecule has 25 heavy (non-hydrogen) atoms. The fourth-order valence-electron chi connectivity index (χ4n) is 2.80. The minimum Gasteiger partial charge on any atom is -0.336 e. The van der Waals surface area contributed by atoms with Gasteiger partial charge in [-0.25, -0.2) is 8.42 Å². The van der Waals surface area contributed by atoms with E-state index in [0.717, 1.165) is 9.13 Å². The number of carbonyl (C=O) groups excluding carboxylic acids is 1. The van der Waals surface area contributed by atoms with Crippen LogP contribution in [0.3, 0.4) is 0 Å². The van der Waals surface area contributed by atoms with E-state index in [9.17, 15) is 13.2 Å². The Hall–Kier alpha value is -1.45. The summed E-state index contributed by atoms with van der Waals surface area (Å²) in [6.07, 6.45) is 0. The molecule has 2 aromatic rings. The van der Waals surface area contributed by atoms with Crippen molar-refractivity contribution in [2.75, 3.05) is 26.2 Å². The number of nitrogens with zero attached hydrogens (tertiary/aromatic N) is 2. The minimum atomic E-state index is -3.51. The van der Waals surface area contributed by atoms with E-state index in [1.54, 1.807) is 35.2 Å². The van der Waals surface area contributed by atoms with Crippen LogP contribution in [0.1, 0.15) is 15.9 Å². The summed E-state index contributed by atoms with van der Waals surface area (Å²) in [5.41, 5.74) is 1.68. The number of hydrogen-bond donors (Lipinski definition) is 0. The van der Waals surface area contributed by atoms with Gasteiger partial charge in [-0.1, -0.05) is 29.8 Å². The zero-order chi connectivity index (χ0) is 18.0. The summed E-state index contributed by atoms with van der Waals surface area (Å²) in [7, 11) is -3.51. The van der Waals surface area contributed by atoms with Gasteiger partial charge in [0.05, 0.1) is 10.5 Å².